The van der Waals surface area contributed by atoms with Gasteiger partial charge in [0.05, 0.1) is 44.4 Å². The Morgan fingerprint density at radius 1 is 0.981 bits per heavy atom. The molecule has 10 heteroatoms. The van der Waals surface area contributed by atoms with Gasteiger partial charge in [-0.3, -0.25) is 4.79 Å². The van der Waals surface area contributed by atoms with E-state index in [4.69, 9.17) is 19.1 Å². The average molecular weight is 752 g/mol. The largest absolute Gasteiger partial charge is 0.331 e. The Morgan fingerprint density at radius 2 is 1.64 bits per heavy atom. The number of hydrogen-bond acceptors (Lipinski definition) is 5. The first kappa shape index (κ1) is 33.9. The number of fused-ring (bicyclic) bond motifs is 9. The van der Waals surface area contributed by atoms with Crippen molar-refractivity contribution in [2.75, 3.05) is 6.98 Å². The van der Waals surface area contributed by atoms with Crippen LogP contribution in [0.15, 0.2) is 48.8 Å². The molecule has 2 aromatic heterocycles. The van der Waals surface area contributed by atoms with Crippen LogP contribution in [0.2, 0.25) is 16.6 Å². The number of carbonyl (C=O) groups excluding carboxylic acids is 1. The Bertz CT molecular complexity index is 2270. The van der Waals surface area contributed by atoms with Gasteiger partial charge in [-0.1, -0.05) is 73.4 Å². The second-order valence-corrected chi connectivity index (χ2v) is 25.8. The molecule has 0 saturated heterocycles. The molecular formula is C43H56N6O2SSi. The van der Waals surface area contributed by atoms with Gasteiger partial charge in [-0.05, 0) is 85.5 Å². The molecule has 2 aliphatic heterocycles. The third kappa shape index (κ3) is 6.11. The summed E-state index contributed by atoms with van der Waals surface area (Å²) in [6.07, 6.45) is 5.59. The summed E-state index contributed by atoms with van der Waals surface area (Å²) >= 11 is 0. The molecule has 1 aliphatic carbocycles. The summed E-state index contributed by atoms with van der Waals surface area (Å²) in [6, 6.07) is 10.5. The molecule has 4 heterocycles. The van der Waals surface area contributed by atoms with Crippen molar-refractivity contribution in [3.05, 3.63) is 77.1 Å². The van der Waals surface area contributed by atoms with E-state index in [-0.39, 0.29) is 11.5 Å². The van der Waals surface area contributed by atoms with E-state index in [2.05, 4.69) is 82.2 Å². The minimum absolute atomic E-state index is 0.0770. The van der Waals surface area contributed by atoms with Crippen molar-refractivity contribution >= 4 is 36.0 Å². The van der Waals surface area contributed by atoms with E-state index < -0.39 is 48.3 Å². The van der Waals surface area contributed by atoms with Crippen molar-refractivity contribution in [1.29, 1.82) is 0 Å². The van der Waals surface area contributed by atoms with Gasteiger partial charge in [-0.25, -0.2) is 23.9 Å². The predicted octanol–water partition coefficient (Wildman–Crippen LogP) is 9.25. The predicted molar refractivity (Wildman–Crippen MR) is 218 cm³/mol. The Balaban J connectivity index is 1.35. The molecule has 0 radical (unpaired) electrons. The van der Waals surface area contributed by atoms with Gasteiger partial charge in [0.15, 0.2) is 0 Å². The zero-order valence-electron chi connectivity index (χ0n) is 36.1. The normalized spacial score (nSPS) is 22.0. The number of nitrogens with one attached hydrogen (secondary N) is 1. The highest BCUT2D eigenvalue weighted by Gasteiger charge is 2.54. The van der Waals surface area contributed by atoms with Crippen molar-refractivity contribution < 1.29 is 13.1 Å². The Labute approximate surface area is 323 Å². The van der Waals surface area contributed by atoms with Crippen molar-refractivity contribution in [2.24, 2.45) is 5.41 Å². The lowest BCUT2D eigenvalue weighted by Crippen LogP contribution is -2.59. The summed E-state index contributed by atoms with van der Waals surface area (Å²) in [4.78, 5) is 30.2. The fourth-order valence-electron chi connectivity index (χ4n) is 9.76. The molecule has 1 fully saturated rings. The summed E-state index contributed by atoms with van der Waals surface area (Å²) in [5.74, 6) is 4.31. The van der Waals surface area contributed by atoms with Crippen LogP contribution in [0.3, 0.4) is 0 Å². The van der Waals surface area contributed by atoms with Crippen molar-refractivity contribution in [3.8, 4) is 22.6 Å². The number of imidazole rings is 1. The highest BCUT2D eigenvalue weighted by Crippen LogP contribution is 2.53. The molecule has 280 valence electrons. The zero-order chi connectivity index (χ0) is 40.9. The number of aromatic nitrogens is 4. The van der Waals surface area contributed by atoms with Crippen molar-refractivity contribution in [2.45, 2.75) is 134 Å². The first-order valence-electron chi connectivity index (χ1n) is 20.5. The number of amides is 1. The number of hydrogen-bond donors (Lipinski definition) is 1. The summed E-state index contributed by atoms with van der Waals surface area (Å²) in [5, 5.41) is 0. The fourth-order valence-corrected chi connectivity index (χ4v) is 15.9. The molecule has 53 heavy (non-hydrogen) atoms. The molecule has 1 unspecified atom stereocenters. The fraction of sp³-hybridized carbons (Fsp3) is 0.535. The number of benzene rings is 2. The molecule has 0 spiro atoms. The zero-order valence-corrected chi connectivity index (χ0v) is 34.9. The molecule has 8 nitrogen and oxygen atoms in total. The maximum atomic E-state index is 14.3. The van der Waals surface area contributed by atoms with Crippen LogP contribution >= 0.6 is 0 Å². The van der Waals surface area contributed by atoms with Crippen LogP contribution in [0, 0.1) is 16.9 Å². The third-order valence-corrected chi connectivity index (χ3v) is 20.0. The molecular weight excluding hydrogens is 693 g/mol. The lowest BCUT2D eigenvalue weighted by molar-refractivity contribution is 0.0413. The highest BCUT2D eigenvalue weighted by atomic mass is 32.2. The number of carbonyl (C=O) groups is 1. The number of rotatable bonds is 7. The summed E-state index contributed by atoms with van der Waals surface area (Å²) in [7, 11) is -3.43. The van der Waals surface area contributed by atoms with Crippen LogP contribution in [0.25, 0.3) is 22.2 Å². The molecule has 1 amide bonds. The molecule has 1 saturated carbocycles. The molecule has 7 rings (SSSR count). The second-order valence-electron chi connectivity index (χ2n) is 18.3. The molecule has 1 N–H and O–H groups in total. The monoisotopic (exact) mass is 751 g/mol. The van der Waals surface area contributed by atoms with Gasteiger partial charge >= 0.3 is 0 Å². The van der Waals surface area contributed by atoms with E-state index in [1.54, 1.807) is 6.07 Å². The van der Waals surface area contributed by atoms with Crippen LogP contribution in [0.5, 0.6) is 0 Å². The Kier molecular flexibility index (Phi) is 8.30. The smallest absolute Gasteiger partial charge is 0.254 e. The molecule has 3 aliphatic rings. The Hall–Kier alpha value is -3.65. The summed E-state index contributed by atoms with van der Waals surface area (Å²) < 4.78 is 44.0. The maximum Gasteiger partial charge on any atom is 0.254 e. The van der Waals surface area contributed by atoms with Crippen LogP contribution in [-0.4, -0.2) is 54.3 Å². The topological polar surface area (TPSA) is 93.0 Å². The van der Waals surface area contributed by atoms with Gasteiger partial charge in [-0.2, -0.15) is 0 Å². The minimum Gasteiger partial charge on any atom is -0.331 e. The molecule has 2 aromatic carbocycles. The van der Waals surface area contributed by atoms with E-state index in [0.29, 0.717) is 40.3 Å². The maximum absolute atomic E-state index is 14.3. The van der Waals surface area contributed by atoms with Crippen LogP contribution in [0.1, 0.15) is 145 Å². The quantitative estimate of drug-likeness (QED) is 0.150. The summed E-state index contributed by atoms with van der Waals surface area (Å²) in [6.45, 7) is 21.3. The Morgan fingerprint density at radius 3 is 2.23 bits per heavy atom. The second kappa shape index (κ2) is 13.0. The first-order valence-corrected chi connectivity index (χ1v) is 22.4. The van der Waals surface area contributed by atoms with Gasteiger partial charge in [0.2, 0.25) is 0 Å². The lowest BCUT2D eigenvalue weighted by Gasteiger charge is -2.52. The van der Waals surface area contributed by atoms with E-state index >= 15 is 0 Å². The first-order chi connectivity index (χ1) is 26.0. The van der Waals surface area contributed by atoms with Gasteiger partial charge in [0.1, 0.15) is 19.7 Å². The van der Waals surface area contributed by atoms with Gasteiger partial charge < -0.3 is 9.47 Å². The van der Waals surface area contributed by atoms with Crippen molar-refractivity contribution in [1.82, 2.24) is 29.1 Å². The van der Waals surface area contributed by atoms with E-state index in [0.717, 1.165) is 51.0 Å². The van der Waals surface area contributed by atoms with Crippen LogP contribution in [-0.2, 0) is 16.5 Å². The van der Waals surface area contributed by atoms with E-state index in [1.165, 1.54) is 0 Å². The van der Waals surface area contributed by atoms with Gasteiger partial charge in [-0.15, -0.1) is 5.54 Å². The highest BCUT2D eigenvalue weighted by molar-refractivity contribution is 7.84. The van der Waals surface area contributed by atoms with Crippen LogP contribution < -0.4 is 4.72 Å². The van der Waals surface area contributed by atoms with E-state index in [1.807, 2.05) is 57.4 Å². The minimum atomic E-state index is -2.68. The average Bonchev–Trinajstić information content (AvgIpc) is 3.59. The van der Waals surface area contributed by atoms with Crippen LogP contribution in [0.4, 0.5) is 0 Å². The molecule has 2 bridgehead atoms. The number of nitrogens with zero attached hydrogens (tertiary/aromatic N) is 5. The van der Waals surface area contributed by atoms with Gasteiger partial charge in [0.25, 0.3) is 5.91 Å². The third-order valence-electron chi connectivity index (χ3n) is 12.1. The van der Waals surface area contributed by atoms with E-state index in [9.17, 15) is 9.00 Å². The molecule has 3 atom stereocenters. The summed E-state index contributed by atoms with van der Waals surface area (Å²) in [5.41, 5.74) is 9.83. The standard InChI is InChI=1S/C43H56N6O2SSi/c1-26(2)53(27(3)4,28(5)6)19-18-29-14-13-15-32-37(29)35-21-36(48(12)39(32)50)38-46-33-17-16-30(20-34(33)49(35)38)31-22-44-40(45-23-31)43(24-42(10,11)25-43)47-52(51)41(7,8)9/h13-17,20,22-23,26-28,35-36,47H,21,24-25H2,1-12H3/t35-,36-,52?/m1/s1/i12D3. The molecule has 4 aromatic rings. The SMILES string of the molecule is [2H]C([2H])([2H])N1C(=O)c2cccc(C#C[Si](C(C)C)(C(C)C)C(C)C)c2[C@H]2C[C@@H]1c1nc3ccc(-c4cnc(C5(NS(=O)C(C)(C)C)CC(C)(C)C5)nc4)cc3n12. The lowest BCUT2D eigenvalue weighted by atomic mass is 9.59. The van der Waals surface area contributed by atoms with Crippen molar-refractivity contribution in [3.63, 3.8) is 0 Å². The van der Waals surface area contributed by atoms with Gasteiger partial charge in [0, 0.05) is 52.2 Å².